The third kappa shape index (κ3) is 44.6. The van der Waals surface area contributed by atoms with Gasteiger partial charge in [-0.2, -0.15) is 0 Å². The molecule has 91 heavy (non-hydrogen) atoms. The van der Waals surface area contributed by atoms with Crippen LogP contribution in [0.15, 0.2) is 146 Å². The Morgan fingerprint density at radius 1 is 0.330 bits per heavy atom. The van der Waals surface area contributed by atoms with E-state index in [0.717, 1.165) is 98.1 Å². The maximum Gasteiger partial charge on any atom is 0.303 e. The highest BCUT2D eigenvalue weighted by atomic mass is 16.5. The molecule has 15 heteroatoms. The quantitative estimate of drug-likeness (QED) is 0.0206. The molecule has 6 N–H and O–H groups in total. The van der Waals surface area contributed by atoms with Gasteiger partial charge < -0.3 is 44.8 Å². The van der Waals surface area contributed by atoms with Crippen LogP contribution in [0.2, 0.25) is 0 Å². The molecule has 0 amide bonds. The zero-order chi connectivity index (χ0) is 67.8. The highest BCUT2D eigenvalue weighted by molar-refractivity contribution is 5.68. The maximum absolute atomic E-state index is 10.4. The smallest absolute Gasteiger partial charge is 0.303 e. The lowest BCUT2D eigenvalue weighted by Gasteiger charge is -2.09. The average Bonchev–Trinajstić information content (AvgIpc) is 3.61. The lowest BCUT2D eigenvalue weighted by molar-refractivity contribution is -0.138. The molecule has 0 fully saturated rings. The lowest BCUT2D eigenvalue weighted by Crippen LogP contribution is -2.04. The summed E-state index contributed by atoms with van der Waals surface area (Å²) in [5.74, 6) is -0.402. The molecule has 498 valence electrons. The van der Waals surface area contributed by atoms with Crippen molar-refractivity contribution in [1.82, 2.24) is 0 Å². The number of hydrogen-bond donors (Lipinski definition) is 6. The van der Waals surface area contributed by atoms with Crippen LogP contribution in [0.1, 0.15) is 189 Å². The Bertz CT molecular complexity index is 2930. The number of aryl methyl sites for hydroxylation is 8. The van der Waals surface area contributed by atoms with Crippen molar-refractivity contribution in [2.45, 2.75) is 190 Å². The first-order valence-electron chi connectivity index (χ1n) is 32.1. The van der Waals surface area contributed by atoms with Crippen molar-refractivity contribution in [3.05, 3.63) is 196 Å². The summed E-state index contributed by atoms with van der Waals surface area (Å²) >= 11 is 0. The molecular weight excluding hydrogens is 1150 g/mol. The molecular formula is C76H104O15. The molecule has 0 bridgehead atoms. The minimum atomic E-state index is -0.770. The van der Waals surface area contributed by atoms with Crippen LogP contribution < -0.4 is 14.2 Å². The van der Waals surface area contributed by atoms with Crippen molar-refractivity contribution >= 4 is 35.8 Å². The van der Waals surface area contributed by atoms with Crippen molar-refractivity contribution in [1.29, 1.82) is 0 Å². The third-order valence-corrected chi connectivity index (χ3v) is 13.6. The molecule has 0 saturated heterocycles. The molecule has 6 rings (SSSR count). The van der Waals surface area contributed by atoms with E-state index in [2.05, 4.69) is 128 Å². The second-order valence-electron chi connectivity index (χ2n) is 23.2. The van der Waals surface area contributed by atoms with Gasteiger partial charge >= 0.3 is 35.8 Å². The Morgan fingerprint density at radius 2 is 0.648 bits per heavy atom. The van der Waals surface area contributed by atoms with E-state index in [1.807, 2.05) is 79.7 Å². The zero-order valence-electron chi connectivity index (χ0n) is 55.5. The molecule has 0 aromatic heterocycles. The van der Waals surface area contributed by atoms with Crippen LogP contribution in [0.5, 0.6) is 17.2 Å². The van der Waals surface area contributed by atoms with Gasteiger partial charge in [0.1, 0.15) is 17.2 Å². The summed E-state index contributed by atoms with van der Waals surface area (Å²) in [6.45, 7) is 21.1. The van der Waals surface area contributed by atoms with Crippen LogP contribution in [0, 0.1) is 11.8 Å². The fourth-order valence-electron chi connectivity index (χ4n) is 8.28. The van der Waals surface area contributed by atoms with E-state index in [1.54, 1.807) is 0 Å². The maximum atomic E-state index is 10.4. The molecule has 0 aliphatic rings. The Kier molecular flexibility index (Phi) is 43.7. The van der Waals surface area contributed by atoms with Gasteiger partial charge in [-0.1, -0.05) is 172 Å². The molecule has 15 nitrogen and oxygen atoms in total. The van der Waals surface area contributed by atoms with Gasteiger partial charge in [-0.25, -0.2) is 0 Å². The van der Waals surface area contributed by atoms with Crippen molar-refractivity contribution < 1.29 is 73.6 Å². The Labute approximate surface area is 541 Å². The first-order valence-corrected chi connectivity index (χ1v) is 32.1. The first kappa shape index (κ1) is 80.6. The van der Waals surface area contributed by atoms with Gasteiger partial charge in [-0.3, -0.25) is 28.8 Å². The fraction of sp³-hybridized carbons (Fsp3) is 0.447. The van der Waals surface area contributed by atoms with Gasteiger partial charge in [0, 0.05) is 38.5 Å². The van der Waals surface area contributed by atoms with Gasteiger partial charge in [0.2, 0.25) is 0 Å². The summed E-state index contributed by atoms with van der Waals surface area (Å²) in [5, 5.41) is 51.2. The highest BCUT2D eigenvalue weighted by Crippen LogP contribution is 2.19. The van der Waals surface area contributed by atoms with Crippen LogP contribution in [0.25, 0.3) is 0 Å². The number of carbonyl (C=O) groups is 6. The number of rotatable bonds is 34. The van der Waals surface area contributed by atoms with E-state index in [1.165, 1.54) is 33.4 Å². The number of unbranched alkanes of at least 4 members (excludes halogenated alkanes) is 1. The van der Waals surface area contributed by atoms with E-state index in [4.69, 9.17) is 44.8 Å². The monoisotopic (exact) mass is 1260 g/mol. The third-order valence-electron chi connectivity index (χ3n) is 13.6. The van der Waals surface area contributed by atoms with Crippen LogP contribution >= 0.6 is 0 Å². The number of carboxylic acid groups (broad SMARTS) is 6. The number of aliphatic carboxylic acids is 6. The minimum Gasteiger partial charge on any atom is -0.494 e. The van der Waals surface area contributed by atoms with Crippen LogP contribution in [0.3, 0.4) is 0 Å². The van der Waals surface area contributed by atoms with Crippen LogP contribution in [-0.2, 0) is 80.1 Å². The van der Waals surface area contributed by atoms with E-state index >= 15 is 0 Å². The molecule has 0 unspecified atom stereocenters. The minimum absolute atomic E-state index is 0.160. The van der Waals surface area contributed by atoms with Crippen molar-refractivity contribution in [3.8, 4) is 17.2 Å². The predicted octanol–water partition coefficient (Wildman–Crippen LogP) is 16.9. The number of ether oxygens (including phenoxy) is 3. The zero-order valence-corrected chi connectivity index (χ0v) is 55.5. The van der Waals surface area contributed by atoms with Gasteiger partial charge in [-0.15, -0.1) is 0 Å². The summed E-state index contributed by atoms with van der Waals surface area (Å²) in [4.78, 5) is 62.1. The van der Waals surface area contributed by atoms with E-state index in [0.29, 0.717) is 56.8 Å². The second kappa shape index (κ2) is 49.3. The highest BCUT2D eigenvalue weighted by Gasteiger charge is 2.06. The van der Waals surface area contributed by atoms with Crippen molar-refractivity contribution in [2.24, 2.45) is 11.8 Å². The summed E-state index contributed by atoms with van der Waals surface area (Å²) < 4.78 is 16.6. The van der Waals surface area contributed by atoms with Gasteiger partial charge in [0.25, 0.3) is 0 Å². The Balaban J connectivity index is 0.000000546. The second-order valence-corrected chi connectivity index (χ2v) is 23.2. The van der Waals surface area contributed by atoms with E-state index < -0.39 is 35.8 Å². The largest absolute Gasteiger partial charge is 0.494 e. The molecule has 0 saturated carbocycles. The van der Waals surface area contributed by atoms with Crippen molar-refractivity contribution in [3.63, 3.8) is 0 Å². The Morgan fingerprint density at radius 3 is 1.01 bits per heavy atom. The average molecular weight is 1260 g/mol. The SMILES string of the molecule is CC(C)COc1ccc(CCC(=O)O)cc1.CC(C)COc1cccc(CCC(=O)O)c1.CC(C)c1ccc(CCCC(=O)O)cc1.CCCOc1cccc(CCC(=O)O)c1.CCc1ccc(CCCC(=O)O)cc1.CCc1ccc(CCCCC(=O)O)cc1. The van der Waals surface area contributed by atoms with E-state index in [-0.39, 0.29) is 38.5 Å². The Hall–Kier alpha value is -8.46. The van der Waals surface area contributed by atoms with Crippen LogP contribution in [-0.4, -0.2) is 86.3 Å². The van der Waals surface area contributed by atoms with Crippen molar-refractivity contribution in [2.75, 3.05) is 19.8 Å². The molecule has 0 heterocycles. The van der Waals surface area contributed by atoms with Crippen LogP contribution in [0.4, 0.5) is 0 Å². The van der Waals surface area contributed by atoms with Gasteiger partial charge in [-0.05, 0) is 188 Å². The number of benzene rings is 6. The normalized spacial score (nSPS) is 10.3. The summed E-state index contributed by atoms with van der Waals surface area (Å²) in [5.41, 5.74) is 10.8. The molecule has 6 aromatic carbocycles. The first-order chi connectivity index (χ1) is 43.4. The molecule has 0 atom stereocenters. The molecule has 0 aliphatic carbocycles. The predicted molar refractivity (Wildman–Crippen MR) is 362 cm³/mol. The van der Waals surface area contributed by atoms with E-state index in [9.17, 15) is 28.8 Å². The summed E-state index contributed by atoms with van der Waals surface area (Å²) in [7, 11) is 0. The number of carboxylic acids is 6. The summed E-state index contributed by atoms with van der Waals surface area (Å²) in [6.07, 6.45) is 11.9. The summed E-state index contributed by atoms with van der Waals surface area (Å²) in [6, 6.07) is 48.2. The van der Waals surface area contributed by atoms with Gasteiger partial charge in [0.15, 0.2) is 0 Å². The number of hydrogen-bond acceptors (Lipinski definition) is 9. The lowest BCUT2D eigenvalue weighted by atomic mass is 10.00. The molecule has 0 spiro atoms. The molecule has 0 aliphatic heterocycles. The topological polar surface area (TPSA) is 251 Å². The standard InChI is InChI=1S/2C13H18O3.2C13H18O2.C12H16O3.C12H16O2/c1-10(2)9-16-12-6-3-11(4-7-12)5-8-13(14)15;1-10(2)9-16-12-5-3-4-11(8-12)6-7-13(14)15;1-10(2)12-8-6-11(7-9-12)4-3-5-13(14)15;1-2-11-7-9-12(10-8-11)5-3-4-6-13(14)15;1-2-8-15-11-5-3-4-10(9-11)6-7-12(13)14;1-2-10-6-8-11(9-7-10)4-3-5-12(13)14/h3-4,6-7,10H,5,8-9H2,1-2H3,(H,14,15);3-5,8,10H,6-7,9H2,1-2H3,(H,14,15);6-10H,3-5H2,1-2H3,(H,14,15);7-10H,2-6H2,1H3,(H,14,15);3-5,9H,2,6-8H2,1H3,(H,13,14);6-9H,2-5H2,1H3,(H,13,14). The molecule has 0 radical (unpaired) electrons. The van der Waals surface area contributed by atoms with Gasteiger partial charge in [0.05, 0.1) is 19.8 Å². The fourth-order valence-corrected chi connectivity index (χ4v) is 8.28. The molecule has 6 aromatic rings.